The van der Waals surface area contributed by atoms with Crippen LogP contribution in [0.2, 0.25) is 0 Å². The van der Waals surface area contributed by atoms with Crippen LogP contribution in [0, 0.1) is 13.8 Å². The van der Waals surface area contributed by atoms with Gasteiger partial charge in [-0.3, -0.25) is 4.68 Å². The number of anilines is 2. The molecule has 0 aromatic carbocycles. The Morgan fingerprint density at radius 3 is 2.85 bits per heavy atom. The number of nitrogen functional groups attached to an aromatic ring is 1. The van der Waals surface area contributed by atoms with E-state index in [1.807, 2.05) is 20.9 Å². The second-order valence-electron chi connectivity index (χ2n) is 4.59. The standard InChI is InChI=1S/C12H15N7O/c1-6-8(7(2)20-18-6)4-14-12-16-10(13)9-5-15-19(3)11(9)17-12/h5H,4H2,1-3H3,(H3,13,14,16,17). The zero-order chi connectivity index (χ0) is 14.3. The lowest BCUT2D eigenvalue weighted by molar-refractivity contribution is 0.392. The van der Waals surface area contributed by atoms with Gasteiger partial charge in [-0.1, -0.05) is 5.16 Å². The molecule has 0 aliphatic heterocycles. The van der Waals surface area contributed by atoms with E-state index in [4.69, 9.17) is 10.3 Å². The SMILES string of the molecule is Cc1noc(C)c1CNc1nc(N)c2cnn(C)c2n1. The van der Waals surface area contributed by atoms with Crippen molar-refractivity contribution in [3.63, 3.8) is 0 Å². The van der Waals surface area contributed by atoms with E-state index in [0.29, 0.717) is 24.0 Å². The number of hydrogen-bond donors (Lipinski definition) is 2. The molecule has 0 radical (unpaired) electrons. The van der Waals surface area contributed by atoms with Gasteiger partial charge in [0.2, 0.25) is 5.95 Å². The lowest BCUT2D eigenvalue weighted by atomic mass is 10.2. The summed E-state index contributed by atoms with van der Waals surface area (Å²) in [5, 5.41) is 11.9. The van der Waals surface area contributed by atoms with Crippen LogP contribution in [0.25, 0.3) is 11.0 Å². The topological polar surface area (TPSA) is 108 Å². The molecule has 3 aromatic heterocycles. The summed E-state index contributed by atoms with van der Waals surface area (Å²) in [6, 6.07) is 0. The van der Waals surface area contributed by atoms with Crippen molar-refractivity contribution in [2.75, 3.05) is 11.1 Å². The second-order valence-corrected chi connectivity index (χ2v) is 4.59. The van der Waals surface area contributed by atoms with Gasteiger partial charge in [-0.2, -0.15) is 15.1 Å². The summed E-state index contributed by atoms with van der Waals surface area (Å²) >= 11 is 0. The average molecular weight is 273 g/mol. The summed E-state index contributed by atoms with van der Waals surface area (Å²) in [6.45, 7) is 4.30. The molecule has 3 rings (SSSR count). The van der Waals surface area contributed by atoms with Crippen LogP contribution in [-0.2, 0) is 13.6 Å². The number of nitrogens with one attached hydrogen (secondary N) is 1. The molecule has 104 valence electrons. The number of rotatable bonds is 3. The van der Waals surface area contributed by atoms with Gasteiger partial charge >= 0.3 is 0 Å². The molecule has 0 fully saturated rings. The third kappa shape index (κ3) is 1.94. The first-order chi connectivity index (χ1) is 9.56. The van der Waals surface area contributed by atoms with Crippen molar-refractivity contribution in [2.45, 2.75) is 20.4 Å². The van der Waals surface area contributed by atoms with Crippen molar-refractivity contribution >= 4 is 22.8 Å². The molecule has 3 N–H and O–H groups in total. The number of nitrogens with two attached hydrogens (primary N) is 1. The first-order valence-corrected chi connectivity index (χ1v) is 6.17. The third-order valence-electron chi connectivity index (χ3n) is 3.23. The maximum Gasteiger partial charge on any atom is 0.226 e. The van der Waals surface area contributed by atoms with E-state index in [1.165, 1.54) is 0 Å². The molecular formula is C12H15N7O. The molecule has 20 heavy (non-hydrogen) atoms. The van der Waals surface area contributed by atoms with Crippen molar-refractivity contribution in [3.05, 3.63) is 23.2 Å². The Labute approximate surface area is 115 Å². The van der Waals surface area contributed by atoms with Crippen molar-refractivity contribution in [1.29, 1.82) is 0 Å². The van der Waals surface area contributed by atoms with Crippen LogP contribution < -0.4 is 11.1 Å². The van der Waals surface area contributed by atoms with Gasteiger partial charge in [-0.05, 0) is 13.8 Å². The van der Waals surface area contributed by atoms with Gasteiger partial charge in [0.1, 0.15) is 11.6 Å². The molecule has 0 spiro atoms. The molecule has 3 heterocycles. The summed E-state index contributed by atoms with van der Waals surface area (Å²) < 4.78 is 6.78. The molecule has 0 amide bonds. The van der Waals surface area contributed by atoms with Crippen LogP contribution in [0.1, 0.15) is 17.0 Å². The highest BCUT2D eigenvalue weighted by Gasteiger charge is 2.12. The zero-order valence-corrected chi connectivity index (χ0v) is 11.5. The van der Waals surface area contributed by atoms with Gasteiger partial charge in [0.15, 0.2) is 5.65 Å². The highest BCUT2D eigenvalue weighted by atomic mass is 16.5. The molecule has 0 bridgehead atoms. The minimum Gasteiger partial charge on any atom is -0.383 e. The van der Waals surface area contributed by atoms with E-state index in [0.717, 1.165) is 22.4 Å². The molecule has 0 aliphatic rings. The summed E-state index contributed by atoms with van der Waals surface area (Å²) in [7, 11) is 1.81. The first-order valence-electron chi connectivity index (χ1n) is 6.17. The van der Waals surface area contributed by atoms with Gasteiger partial charge in [0.25, 0.3) is 0 Å². The Balaban J connectivity index is 1.90. The largest absolute Gasteiger partial charge is 0.383 e. The van der Waals surface area contributed by atoms with E-state index in [1.54, 1.807) is 10.9 Å². The van der Waals surface area contributed by atoms with Gasteiger partial charge in [0.05, 0.1) is 17.3 Å². The highest BCUT2D eigenvalue weighted by molar-refractivity contribution is 5.86. The summed E-state index contributed by atoms with van der Waals surface area (Å²) in [6.07, 6.45) is 1.66. The molecule has 0 saturated carbocycles. The van der Waals surface area contributed by atoms with Gasteiger partial charge in [0, 0.05) is 19.2 Å². The lowest BCUT2D eigenvalue weighted by Crippen LogP contribution is -2.07. The average Bonchev–Trinajstić information content (AvgIpc) is 2.93. The Morgan fingerprint density at radius 1 is 1.35 bits per heavy atom. The molecule has 0 unspecified atom stereocenters. The number of nitrogens with zero attached hydrogens (tertiary/aromatic N) is 5. The maximum absolute atomic E-state index is 5.90. The van der Waals surface area contributed by atoms with Gasteiger partial charge in [-0.25, -0.2) is 0 Å². The molecule has 8 nitrogen and oxygen atoms in total. The van der Waals surface area contributed by atoms with Crippen molar-refractivity contribution in [1.82, 2.24) is 24.9 Å². The minimum absolute atomic E-state index is 0.407. The Morgan fingerprint density at radius 2 is 2.15 bits per heavy atom. The third-order valence-corrected chi connectivity index (χ3v) is 3.23. The van der Waals surface area contributed by atoms with E-state index in [9.17, 15) is 0 Å². The van der Waals surface area contributed by atoms with E-state index in [2.05, 4.69) is 25.5 Å². The van der Waals surface area contributed by atoms with E-state index in [-0.39, 0.29) is 0 Å². The fourth-order valence-corrected chi connectivity index (χ4v) is 2.04. The van der Waals surface area contributed by atoms with Crippen molar-refractivity contribution in [2.24, 2.45) is 7.05 Å². The zero-order valence-electron chi connectivity index (χ0n) is 11.5. The normalized spacial score (nSPS) is 11.2. The smallest absolute Gasteiger partial charge is 0.226 e. The van der Waals surface area contributed by atoms with Gasteiger partial charge < -0.3 is 15.6 Å². The second kappa shape index (κ2) is 4.48. The molecule has 3 aromatic rings. The van der Waals surface area contributed by atoms with Crippen LogP contribution in [0.3, 0.4) is 0 Å². The minimum atomic E-state index is 0.407. The van der Waals surface area contributed by atoms with E-state index < -0.39 is 0 Å². The highest BCUT2D eigenvalue weighted by Crippen LogP contribution is 2.19. The predicted octanol–water partition coefficient (Wildman–Crippen LogP) is 1.16. The van der Waals surface area contributed by atoms with Crippen molar-refractivity contribution in [3.8, 4) is 0 Å². The number of aromatic nitrogens is 5. The monoisotopic (exact) mass is 273 g/mol. The van der Waals surface area contributed by atoms with Crippen molar-refractivity contribution < 1.29 is 4.52 Å². The predicted molar refractivity (Wildman–Crippen MR) is 74.0 cm³/mol. The van der Waals surface area contributed by atoms with Crippen LogP contribution >= 0.6 is 0 Å². The molecule has 0 aliphatic carbocycles. The fraction of sp³-hybridized carbons (Fsp3) is 0.333. The summed E-state index contributed by atoms with van der Waals surface area (Å²) in [5.74, 6) is 1.65. The number of hydrogen-bond acceptors (Lipinski definition) is 7. The quantitative estimate of drug-likeness (QED) is 0.737. The van der Waals surface area contributed by atoms with E-state index >= 15 is 0 Å². The molecule has 8 heteroatoms. The van der Waals surface area contributed by atoms with Crippen LogP contribution in [0.4, 0.5) is 11.8 Å². The van der Waals surface area contributed by atoms with Crippen LogP contribution in [0.5, 0.6) is 0 Å². The molecular weight excluding hydrogens is 258 g/mol. The summed E-state index contributed by atoms with van der Waals surface area (Å²) in [5.41, 5.74) is 8.45. The van der Waals surface area contributed by atoms with Crippen LogP contribution in [-0.4, -0.2) is 24.9 Å². The Bertz CT molecular complexity index is 754. The Hall–Kier alpha value is -2.64. The lowest BCUT2D eigenvalue weighted by Gasteiger charge is -2.06. The van der Waals surface area contributed by atoms with Gasteiger partial charge in [-0.15, -0.1) is 0 Å². The Kier molecular flexibility index (Phi) is 2.78. The number of aryl methyl sites for hydroxylation is 3. The molecule has 0 atom stereocenters. The summed E-state index contributed by atoms with van der Waals surface area (Å²) in [4.78, 5) is 8.63. The molecule has 0 saturated heterocycles. The van der Waals surface area contributed by atoms with Crippen LogP contribution in [0.15, 0.2) is 10.7 Å². The fourth-order valence-electron chi connectivity index (χ4n) is 2.04. The maximum atomic E-state index is 5.90. The first kappa shape index (κ1) is 12.4. The number of fused-ring (bicyclic) bond motifs is 1.